The molecular formula is C11H11N3S. The zero-order valence-electron chi connectivity index (χ0n) is 8.45. The molecular weight excluding hydrogens is 206 g/mol. The molecule has 0 saturated heterocycles. The van der Waals surface area contributed by atoms with E-state index in [-0.39, 0.29) is 0 Å². The van der Waals surface area contributed by atoms with Crippen molar-refractivity contribution in [3.05, 3.63) is 34.5 Å². The highest BCUT2D eigenvalue weighted by Gasteiger charge is 2.17. The van der Waals surface area contributed by atoms with Crippen molar-refractivity contribution in [3.8, 4) is 10.7 Å². The number of fused-ring (bicyclic) bond motifs is 1. The minimum Gasteiger partial charge on any atom is -0.307 e. The van der Waals surface area contributed by atoms with Gasteiger partial charge in [0.15, 0.2) is 5.82 Å². The van der Waals surface area contributed by atoms with Crippen LogP contribution >= 0.6 is 11.3 Å². The second-order valence-electron chi connectivity index (χ2n) is 3.64. The summed E-state index contributed by atoms with van der Waals surface area (Å²) >= 11 is 1.68. The van der Waals surface area contributed by atoms with E-state index >= 15 is 0 Å². The fourth-order valence-corrected chi connectivity index (χ4v) is 2.51. The smallest absolute Gasteiger partial charge is 0.169 e. The molecule has 0 radical (unpaired) electrons. The third-order valence-electron chi connectivity index (χ3n) is 2.64. The topological polar surface area (TPSA) is 37.8 Å². The average molecular weight is 217 g/mol. The molecule has 15 heavy (non-hydrogen) atoms. The number of thiophene rings is 1. The third kappa shape index (κ3) is 1.46. The molecule has 0 spiro atoms. The van der Waals surface area contributed by atoms with Gasteiger partial charge in [-0.3, -0.25) is 0 Å². The molecule has 0 saturated carbocycles. The molecule has 2 aromatic rings. The van der Waals surface area contributed by atoms with Crippen LogP contribution in [-0.2, 0) is 13.1 Å². The summed E-state index contributed by atoms with van der Waals surface area (Å²) in [6.45, 7) is 3.84. The Morgan fingerprint density at radius 3 is 3.07 bits per heavy atom. The van der Waals surface area contributed by atoms with Gasteiger partial charge in [-0.1, -0.05) is 6.07 Å². The molecule has 0 aromatic carbocycles. The molecule has 4 heteroatoms. The highest BCUT2D eigenvalue weighted by atomic mass is 32.1. The number of nitrogens with one attached hydrogen (secondary N) is 1. The van der Waals surface area contributed by atoms with E-state index in [9.17, 15) is 0 Å². The molecule has 1 aliphatic rings. The molecule has 0 bridgehead atoms. The number of rotatable bonds is 1. The maximum Gasteiger partial charge on any atom is 0.169 e. The molecule has 3 rings (SSSR count). The highest BCUT2D eigenvalue weighted by Crippen LogP contribution is 2.24. The lowest BCUT2D eigenvalue weighted by Gasteiger charge is -2.04. The van der Waals surface area contributed by atoms with Gasteiger partial charge in [-0.05, 0) is 18.4 Å². The van der Waals surface area contributed by atoms with E-state index in [1.807, 2.05) is 6.07 Å². The summed E-state index contributed by atoms with van der Waals surface area (Å²) in [6, 6.07) is 4.10. The van der Waals surface area contributed by atoms with Crippen LogP contribution in [0.5, 0.6) is 0 Å². The van der Waals surface area contributed by atoms with Crippen LogP contribution in [0.3, 0.4) is 0 Å². The van der Waals surface area contributed by atoms with Crippen molar-refractivity contribution in [2.45, 2.75) is 20.0 Å². The van der Waals surface area contributed by atoms with Crippen molar-refractivity contribution in [3.63, 3.8) is 0 Å². The van der Waals surface area contributed by atoms with Crippen LogP contribution in [0.1, 0.15) is 17.0 Å². The lowest BCUT2D eigenvalue weighted by atomic mass is 10.2. The first-order valence-electron chi connectivity index (χ1n) is 4.95. The van der Waals surface area contributed by atoms with Gasteiger partial charge >= 0.3 is 0 Å². The second-order valence-corrected chi connectivity index (χ2v) is 4.59. The second kappa shape index (κ2) is 3.40. The van der Waals surface area contributed by atoms with Crippen LogP contribution in [-0.4, -0.2) is 9.97 Å². The highest BCUT2D eigenvalue weighted by molar-refractivity contribution is 7.13. The van der Waals surface area contributed by atoms with Gasteiger partial charge in [0, 0.05) is 24.3 Å². The van der Waals surface area contributed by atoms with Crippen LogP contribution in [0.25, 0.3) is 10.7 Å². The Kier molecular flexibility index (Phi) is 2.04. The van der Waals surface area contributed by atoms with E-state index in [2.05, 4.69) is 33.7 Å². The first-order valence-corrected chi connectivity index (χ1v) is 5.83. The molecule has 2 aromatic heterocycles. The van der Waals surface area contributed by atoms with E-state index in [4.69, 9.17) is 0 Å². The van der Waals surface area contributed by atoms with Crippen molar-refractivity contribution in [1.82, 2.24) is 15.3 Å². The van der Waals surface area contributed by atoms with E-state index in [0.717, 1.165) is 35.2 Å². The molecule has 0 unspecified atom stereocenters. The van der Waals surface area contributed by atoms with E-state index in [1.165, 1.54) is 5.56 Å². The lowest BCUT2D eigenvalue weighted by Crippen LogP contribution is -2.00. The van der Waals surface area contributed by atoms with Gasteiger partial charge in [0.25, 0.3) is 0 Å². The maximum absolute atomic E-state index is 4.59. The van der Waals surface area contributed by atoms with Crippen molar-refractivity contribution in [2.24, 2.45) is 0 Å². The molecule has 0 amide bonds. The van der Waals surface area contributed by atoms with Gasteiger partial charge in [0.05, 0.1) is 10.6 Å². The van der Waals surface area contributed by atoms with Gasteiger partial charge in [0.1, 0.15) is 0 Å². The standard InChI is InChI=1S/C11H11N3S/c1-7-8-5-12-6-9(8)14-11(13-7)10-3-2-4-15-10/h2-4,12H,5-6H2,1H3. The fraction of sp³-hybridized carbons (Fsp3) is 0.273. The van der Waals surface area contributed by atoms with Gasteiger partial charge in [-0.25, -0.2) is 9.97 Å². The first kappa shape index (κ1) is 9.00. The minimum atomic E-state index is 0.866. The Balaban J connectivity index is 2.15. The van der Waals surface area contributed by atoms with Gasteiger partial charge in [-0.2, -0.15) is 0 Å². The molecule has 3 heterocycles. The summed E-state index contributed by atoms with van der Waals surface area (Å²) in [4.78, 5) is 10.3. The summed E-state index contributed by atoms with van der Waals surface area (Å²) in [5.41, 5.74) is 3.54. The zero-order valence-corrected chi connectivity index (χ0v) is 9.27. The summed E-state index contributed by atoms with van der Waals surface area (Å²) in [6.07, 6.45) is 0. The summed E-state index contributed by atoms with van der Waals surface area (Å²) in [7, 11) is 0. The van der Waals surface area contributed by atoms with E-state index in [1.54, 1.807) is 11.3 Å². The predicted molar refractivity (Wildman–Crippen MR) is 60.6 cm³/mol. The molecule has 1 N–H and O–H groups in total. The van der Waals surface area contributed by atoms with Crippen molar-refractivity contribution < 1.29 is 0 Å². The molecule has 0 aliphatic carbocycles. The quantitative estimate of drug-likeness (QED) is 0.795. The van der Waals surface area contributed by atoms with Crippen LogP contribution in [0.15, 0.2) is 17.5 Å². The number of aryl methyl sites for hydroxylation is 1. The molecule has 0 fully saturated rings. The largest absolute Gasteiger partial charge is 0.307 e. The number of hydrogen-bond donors (Lipinski definition) is 1. The number of hydrogen-bond acceptors (Lipinski definition) is 4. The summed E-state index contributed by atoms with van der Waals surface area (Å²) in [5, 5.41) is 5.36. The Hall–Kier alpha value is -1.26. The molecule has 1 aliphatic heterocycles. The number of aromatic nitrogens is 2. The van der Waals surface area contributed by atoms with Crippen LogP contribution < -0.4 is 5.32 Å². The fourth-order valence-electron chi connectivity index (χ4n) is 1.85. The monoisotopic (exact) mass is 217 g/mol. The van der Waals surface area contributed by atoms with Crippen LogP contribution in [0, 0.1) is 6.92 Å². The predicted octanol–water partition coefficient (Wildman–Crippen LogP) is 2.12. The summed E-state index contributed by atoms with van der Waals surface area (Å²) in [5.74, 6) is 0.866. The first-order chi connectivity index (χ1) is 7.34. The number of nitrogens with zero attached hydrogens (tertiary/aromatic N) is 2. The Morgan fingerprint density at radius 2 is 2.27 bits per heavy atom. The Bertz CT molecular complexity index is 491. The maximum atomic E-state index is 4.59. The van der Waals surface area contributed by atoms with Crippen LogP contribution in [0.4, 0.5) is 0 Å². The molecule has 76 valence electrons. The van der Waals surface area contributed by atoms with Gasteiger partial charge in [-0.15, -0.1) is 11.3 Å². The average Bonchev–Trinajstić information content (AvgIpc) is 2.88. The molecule has 3 nitrogen and oxygen atoms in total. The van der Waals surface area contributed by atoms with Crippen LogP contribution in [0.2, 0.25) is 0 Å². The Morgan fingerprint density at radius 1 is 1.33 bits per heavy atom. The van der Waals surface area contributed by atoms with Crippen molar-refractivity contribution in [1.29, 1.82) is 0 Å². The molecule has 0 atom stereocenters. The van der Waals surface area contributed by atoms with Crippen molar-refractivity contribution in [2.75, 3.05) is 0 Å². The van der Waals surface area contributed by atoms with E-state index < -0.39 is 0 Å². The van der Waals surface area contributed by atoms with Gasteiger partial charge < -0.3 is 5.32 Å². The summed E-state index contributed by atoms with van der Waals surface area (Å²) < 4.78 is 0. The normalized spacial score (nSPS) is 14.2. The SMILES string of the molecule is Cc1nc(-c2cccs2)nc2c1CNC2. The Labute approximate surface area is 92.2 Å². The van der Waals surface area contributed by atoms with E-state index in [0.29, 0.717) is 0 Å². The lowest BCUT2D eigenvalue weighted by molar-refractivity contribution is 0.757. The minimum absolute atomic E-state index is 0.866. The third-order valence-corrected chi connectivity index (χ3v) is 3.50. The zero-order chi connectivity index (χ0) is 10.3. The van der Waals surface area contributed by atoms with Crippen molar-refractivity contribution >= 4 is 11.3 Å². The van der Waals surface area contributed by atoms with Gasteiger partial charge in [0.2, 0.25) is 0 Å².